The van der Waals surface area contributed by atoms with Gasteiger partial charge in [-0.1, -0.05) is 27.7 Å². The quantitative estimate of drug-likeness (QED) is 0.357. The number of methoxy groups -OCH3 is 3. The van der Waals surface area contributed by atoms with Gasteiger partial charge in [0.15, 0.2) is 11.5 Å². The first kappa shape index (κ1) is 29.9. The zero-order valence-corrected chi connectivity index (χ0v) is 24.5. The minimum atomic E-state index is -3.67. The molecule has 0 bridgehead atoms. The van der Waals surface area contributed by atoms with Crippen LogP contribution < -0.4 is 14.6 Å². The summed E-state index contributed by atoms with van der Waals surface area (Å²) < 4.78 is 37.0. The topological polar surface area (TPSA) is 107 Å². The molecule has 1 aromatic rings. The molecule has 0 aliphatic carbocycles. The minimum Gasteiger partial charge on any atom is -0.493 e. The molecular weight excluding hydrogens is 495 g/mol. The molecule has 0 amide bonds. The second-order valence-electron chi connectivity index (χ2n) is 11.3. The Balaban J connectivity index is 1.97. The predicted molar refractivity (Wildman–Crippen MR) is 143 cm³/mol. The number of hydrogen-bond acceptors (Lipinski definition) is 7. The molecule has 2 heterocycles. The second kappa shape index (κ2) is 12.0. The number of ether oxygens (including phenoxy) is 3. The number of piperidine rings is 1. The van der Waals surface area contributed by atoms with E-state index in [9.17, 15) is 14.5 Å². The number of nitrogens with one attached hydrogen (secondary N) is 1. The monoisotopic (exact) mass is 540 g/mol. The van der Waals surface area contributed by atoms with Crippen molar-refractivity contribution in [2.75, 3.05) is 40.8 Å². The van der Waals surface area contributed by atoms with Gasteiger partial charge in [0.05, 0.1) is 20.3 Å². The van der Waals surface area contributed by atoms with E-state index in [1.165, 1.54) is 18.2 Å². The van der Waals surface area contributed by atoms with Crippen molar-refractivity contribution in [1.29, 1.82) is 0 Å². The Bertz CT molecular complexity index is 1000. The average Bonchev–Trinajstić information content (AvgIpc) is 2.82. The first-order valence-electron chi connectivity index (χ1n) is 13.2. The number of carboxylic acid groups (broad SMARTS) is 1. The van der Waals surface area contributed by atoms with E-state index in [1.807, 2.05) is 0 Å². The van der Waals surface area contributed by atoms with Crippen LogP contribution in [0.2, 0.25) is 0 Å². The van der Waals surface area contributed by atoms with Crippen molar-refractivity contribution in [2.45, 2.75) is 71.6 Å². The third-order valence-corrected chi connectivity index (χ3v) is 9.96. The number of carbonyl (C=O) groups is 1. The van der Waals surface area contributed by atoms with Crippen molar-refractivity contribution < 1.29 is 33.2 Å². The number of hydrogen-bond donors (Lipinski definition) is 2. The smallest absolute Gasteiger partial charge is 0.324 e. The highest BCUT2D eigenvalue weighted by molar-refractivity contribution is 7.56. The zero-order chi connectivity index (χ0) is 27.5. The summed E-state index contributed by atoms with van der Waals surface area (Å²) in [6.45, 7) is 11.2. The maximum atomic E-state index is 14.2. The maximum absolute atomic E-state index is 14.2. The fourth-order valence-electron chi connectivity index (χ4n) is 5.62. The summed E-state index contributed by atoms with van der Waals surface area (Å²) in [5.74, 6) is 0.596. The van der Waals surface area contributed by atoms with Crippen molar-refractivity contribution in [1.82, 2.24) is 9.99 Å². The summed E-state index contributed by atoms with van der Waals surface area (Å²) in [6.07, 6.45) is 1.94. The van der Waals surface area contributed by atoms with Gasteiger partial charge in [0.1, 0.15) is 11.9 Å². The van der Waals surface area contributed by atoms with Crippen LogP contribution in [0.25, 0.3) is 0 Å². The molecule has 2 aliphatic heterocycles. The van der Waals surface area contributed by atoms with Gasteiger partial charge in [-0.2, -0.15) is 0 Å². The van der Waals surface area contributed by atoms with E-state index in [-0.39, 0.29) is 30.3 Å². The Morgan fingerprint density at radius 1 is 1.19 bits per heavy atom. The van der Waals surface area contributed by atoms with Crippen molar-refractivity contribution >= 4 is 13.5 Å². The van der Waals surface area contributed by atoms with Gasteiger partial charge in [-0.25, -0.2) is 5.09 Å². The van der Waals surface area contributed by atoms with Gasteiger partial charge in [0, 0.05) is 26.2 Å². The normalized spacial score (nSPS) is 25.2. The highest BCUT2D eigenvalue weighted by Crippen LogP contribution is 2.52. The van der Waals surface area contributed by atoms with Crippen LogP contribution >= 0.6 is 7.52 Å². The van der Waals surface area contributed by atoms with Gasteiger partial charge < -0.3 is 23.8 Å². The molecule has 2 N–H and O–H groups in total. The molecule has 210 valence electrons. The summed E-state index contributed by atoms with van der Waals surface area (Å²) in [7, 11) is 1.06. The number of fused-ring (bicyclic) bond motifs is 3. The van der Waals surface area contributed by atoms with Crippen LogP contribution in [0, 0.1) is 17.8 Å². The first-order chi connectivity index (χ1) is 17.4. The van der Waals surface area contributed by atoms with Crippen LogP contribution in [-0.2, 0) is 25.0 Å². The van der Waals surface area contributed by atoms with Crippen LogP contribution in [0.1, 0.15) is 64.6 Å². The van der Waals surface area contributed by atoms with Crippen molar-refractivity contribution in [3.05, 3.63) is 23.3 Å². The molecule has 1 saturated heterocycles. The van der Waals surface area contributed by atoms with Gasteiger partial charge in [-0.05, 0) is 67.2 Å². The van der Waals surface area contributed by atoms with Crippen LogP contribution in [-0.4, -0.2) is 68.4 Å². The van der Waals surface area contributed by atoms with E-state index in [2.05, 4.69) is 36.0 Å². The van der Waals surface area contributed by atoms with Crippen molar-refractivity contribution in [3.8, 4) is 11.5 Å². The van der Waals surface area contributed by atoms with Gasteiger partial charge in [-0.15, -0.1) is 0 Å². The molecule has 10 heteroatoms. The van der Waals surface area contributed by atoms with Crippen LogP contribution in [0.5, 0.6) is 11.5 Å². The van der Waals surface area contributed by atoms with E-state index in [4.69, 9.17) is 18.7 Å². The van der Waals surface area contributed by atoms with Gasteiger partial charge in [0.2, 0.25) is 0 Å². The Morgan fingerprint density at radius 3 is 2.38 bits per heavy atom. The van der Waals surface area contributed by atoms with E-state index < -0.39 is 19.0 Å². The third-order valence-electron chi connectivity index (χ3n) is 7.94. The van der Waals surface area contributed by atoms with Crippen LogP contribution in [0.15, 0.2) is 12.1 Å². The lowest BCUT2D eigenvalue weighted by Gasteiger charge is -2.48. The number of benzene rings is 1. The Labute approximate surface area is 221 Å². The van der Waals surface area contributed by atoms with E-state index >= 15 is 0 Å². The molecule has 0 radical (unpaired) electrons. The molecule has 1 fully saturated rings. The molecule has 9 nitrogen and oxygen atoms in total. The zero-order valence-electron chi connectivity index (χ0n) is 23.6. The SMILES string of the molecule is COCP(=O)(NC(C)(C(=O)O)C(C)C)OC1CC2c3cc(OC)c(OC)cc3CCN2CC1CC(C)C. The molecule has 0 aromatic heterocycles. The Hall–Kier alpha value is -1.64. The second-order valence-corrected chi connectivity index (χ2v) is 13.3. The Morgan fingerprint density at radius 2 is 1.84 bits per heavy atom. The number of aliphatic carboxylic acids is 1. The van der Waals surface area contributed by atoms with Crippen molar-refractivity contribution in [3.63, 3.8) is 0 Å². The lowest BCUT2D eigenvalue weighted by atomic mass is 9.79. The molecule has 2 aliphatic rings. The average molecular weight is 541 g/mol. The fraction of sp³-hybridized carbons (Fsp3) is 0.741. The molecular formula is C27H45N2O7P. The third kappa shape index (κ3) is 6.51. The molecule has 1 aromatic carbocycles. The molecule has 37 heavy (non-hydrogen) atoms. The van der Waals surface area contributed by atoms with Crippen LogP contribution in [0.4, 0.5) is 0 Å². The lowest BCUT2D eigenvalue weighted by Crippen LogP contribution is -2.54. The van der Waals surface area contributed by atoms with Gasteiger partial charge >= 0.3 is 5.97 Å². The van der Waals surface area contributed by atoms with E-state index in [0.717, 1.165) is 25.9 Å². The summed E-state index contributed by atoms with van der Waals surface area (Å²) in [6, 6.07) is 4.18. The highest BCUT2D eigenvalue weighted by Gasteiger charge is 2.47. The van der Waals surface area contributed by atoms with E-state index in [0.29, 0.717) is 23.8 Å². The largest absolute Gasteiger partial charge is 0.493 e. The first-order valence-corrected chi connectivity index (χ1v) is 15.0. The molecule has 5 unspecified atom stereocenters. The number of nitrogens with zero attached hydrogens (tertiary/aromatic N) is 1. The fourth-order valence-corrected chi connectivity index (χ4v) is 7.90. The molecule has 0 saturated carbocycles. The van der Waals surface area contributed by atoms with Gasteiger partial charge in [-0.3, -0.25) is 14.3 Å². The Kier molecular flexibility index (Phi) is 9.73. The van der Waals surface area contributed by atoms with Gasteiger partial charge in [0.25, 0.3) is 7.52 Å². The van der Waals surface area contributed by atoms with E-state index in [1.54, 1.807) is 35.0 Å². The minimum absolute atomic E-state index is 0.0731. The summed E-state index contributed by atoms with van der Waals surface area (Å²) in [4.78, 5) is 14.7. The summed E-state index contributed by atoms with van der Waals surface area (Å²) in [5.41, 5.74) is 0.966. The summed E-state index contributed by atoms with van der Waals surface area (Å²) in [5, 5.41) is 12.9. The van der Waals surface area contributed by atoms with Crippen LogP contribution in [0.3, 0.4) is 0 Å². The molecule has 0 spiro atoms. The summed E-state index contributed by atoms with van der Waals surface area (Å²) >= 11 is 0. The lowest BCUT2D eigenvalue weighted by molar-refractivity contribution is -0.145. The number of carboxylic acids is 1. The maximum Gasteiger partial charge on any atom is 0.324 e. The highest BCUT2D eigenvalue weighted by atomic mass is 31.2. The van der Waals surface area contributed by atoms with Crippen molar-refractivity contribution in [2.24, 2.45) is 17.8 Å². The molecule has 3 rings (SSSR count). The number of rotatable bonds is 12. The standard InChI is InChI=1S/C27H45N2O7P/c1-17(2)11-20-15-29-10-9-19-12-24(34-7)25(35-8)13-21(19)22(29)14-23(20)36-37(32,16-33-6)28-27(5,18(3)4)26(30)31/h12-13,17-18,20,22-23H,9-11,14-16H2,1-8H3,(H,28,32)(H,30,31). The molecule has 5 atom stereocenters. The predicted octanol–water partition coefficient (Wildman–Crippen LogP) is 4.94.